The predicted octanol–water partition coefficient (Wildman–Crippen LogP) is 3.94. The average molecular weight is 486 g/mol. The first kappa shape index (κ1) is 24.8. The largest absolute Gasteiger partial charge is 0.573 e. The highest BCUT2D eigenvalue weighted by molar-refractivity contribution is 6.03. The summed E-state index contributed by atoms with van der Waals surface area (Å²) in [7, 11) is 0. The van der Waals surface area contributed by atoms with Crippen LogP contribution in [0.25, 0.3) is 22.5 Å². The SMILES string of the molecule is Nc1c(C(=O)NC[C@H](O)C(F)(F)F)cc(-c2ccc(OC(F)(F)F)cc2)nc1-c1cccnc1. The third-order valence-corrected chi connectivity index (χ3v) is 4.46. The van der Waals surface area contributed by atoms with Gasteiger partial charge in [-0.05, 0) is 42.5 Å². The molecule has 3 rings (SSSR count). The number of aromatic nitrogens is 2. The maximum absolute atomic E-state index is 12.6. The Kier molecular flexibility index (Phi) is 6.96. The van der Waals surface area contributed by atoms with Gasteiger partial charge in [0, 0.05) is 23.5 Å². The summed E-state index contributed by atoms with van der Waals surface area (Å²) in [5.41, 5.74) is 6.45. The molecule has 1 aromatic carbocycles. The number of alkyl halides is 6. The lowest BCUT2D eigenvalue weighted by Crippen LogP contribution is -2.40. The Morgan fingerprint density at radius 1 is 1.09 bits per heavy atom. The van der Waals surface area contributed by atoms with Crippen LogP contribution in [0.3, 0.4) is 0 Å². The third kappa shape index (κ3) is 6.13. The maximum Gasteiger partial charge on any atom is 0.573 e. The number of hydrogen-bond acceptors (Lipinski definition) is 6. The number of halogens is 6. The molecule has 7 nitrogen and oxygen atoms in total. The molecular weight excluding hydrogens is 470 g/mol. The minimum absolute atomic E-state index is 0.0720. The summed E-state index contributed by atoms with van der Waals surface area (Å²) in [6, 6.07) is 8.87. The van der Waals surface area contributed by atoms with Crippen molar-refractivity contribution in [1.29, 1.82) is 0 Å². The number of aliphatic hydroxyl groups is 1. The van der Waals surface area contributed by atoms with Crippen LogP contribution in [0.2, 0.25) is 0 Å². The molecule has 180 valence electrons. The normalized spacial score (nSPS) is 12.8. The van der Waals surface area contributed by atoms with Crippen LogP contribution in [0.1, 0.15) is 10.4 Å². The smallest absolute Gasteiger partial charge is 0.406 e. The minimum Gasteiger partial charge on any atom is -0.406 e. The predicted molar refractivity (Wildman–Crippen MR) is 108 cm³/mol. The molecule has 0 spiro atoms. The fourth-order valence-corrected chi connectivity index (χ4v) is 2.84. The molecule has 3 aromatic rings. The van der Waals surface area contributed by atoms with E-state index >= 15 is 0 Å². The lowest BCUT2D eigenvalue weighted by atomic mass is 10.0. The molecule has 0 bridgehead atoms. The van der Waals surface area contributed by atoms with E-state index in [9.17, 15) is 31.1 Å². The lowest BCUT2D eigenvalue weighted by Gasteiger charge is -2.17. The summed E-state index contributed by atoms with van der Waals surface area (Å²) in [4.78, 5) is 20.9. The fourth-order valence-electron chi connectivity index (χ4n) is 2.84. The Hall–Kier alpha value is -3.87. The van der Waals surface area contributed by atoms with E-state index in [0.29, 0.717) is 5.56 Å². The number of carbonyl (C=O) groups is 1. The first-order valence-electron chi connectivity index (χ1n) is 9.45. The van der Waals surface area contributed by atoms with Gasteiger partial charge in [-0.3, -0.25) is 9.78 Å². The van der Waals surface area contributed by atoms with Gasteiger partial charge in [0.1, 0.15) is 5.75 Å². The summed E-state index contributed by atoms with van der Waals surface area (Å²) in [5.74, 6) is -1.51. The summed E-state index contributed by atoms with van der Waals surface area (Å²) in [5, 5.41) is 11.1. The van der Waals surface area contributed by atoms with Gasteiger partial charge in [0.15, 0.2) is 6.10 Å². The summed E-state index contributed by atoms with van der Waals surface area (Å²) in [6.45, 7) is -1.12. The highest BCUT2D eigenvalue weighted by Gasteiger charge is 2.38. The summed E-state index contributed by atoms with van der Waals surface area (Å²) < 4.78 is 78.7. The molecule has 4 N–H and O–H groups in total. The Morgan fingerprint density at radius 2 is 1.76 bits per heavy atom. The van der Waals surface area contributed by atoms with Gasteiger partial charge < -0.3 is 20.9 Å². The number of nitrogens with one attached hydrogen (secondary N) is 1. The van der Waals surface area contributed by atoms with E-state index in [2.05, 4.69) is 14.7 Å². The van der Waals surface area contributed by atoms with Crippen LogP contribution in [-0.2, 0) is 0 Å². The van der Waals surface area contributed by atoms with Crippen molar-refractivity contribution in [3.63, 3.8) is 0 Å². The number of amides is 1. The van der Waals surface area contributed by atoms with Crippen molar-refractivity contribution in [2.45, 2.75) is 18.6 Å². The van der Waals surface area contributed by atoms with Crippen LogP contribution in [0.15, 0.2) is 54.9 Å². The lowest BCUT2D eigenvalue weighted by molar-refractivity contribution is -0.274. The third-order valence-electron chi connectivity index (χ3n) is 4.46. The maximum atomic E-state index is 12.6. The molecule has 0 fully saturated rings. The molecular formula is C21H16F6N4O3. The number of carbonyl (C=O) groups excluding carboxylic acids is 1. The second-order valence-electron chi connectivity index (χ2n) is 6.90. The van der Waals surface area contributed by atoms with Gasteiger partial charge in [0.2, 0.25) is 0 Å². The van der Waals surface area contributed by atoms with Gasteiger partial charge in [-0.25, -0.2) is 4.98 Å². The number of nitrogens with zero attached hydrogens (tertiary/aromatic N) is 2. The zero-order valence-electron chi connectivity index (χ0n) is 17.0. The highest BCUT2D eigenvalue weighted by atomic mass is 19.4. The quantitative estimate of drug-likeness (QED) is 0.456. The minimum atomic E-state index is -4.94. The topological polar surface area (TPSA) is 110 Å². The number of hydrogen-bond donors (Lipinski definition) is 3. The van der Waals surface area contributed by atoms with Crippen molar-refractivity contribution in [2.75, 3.05) is 12.3 Å². The first-order valence-corrected chi connectivity index (χ1v) is 9.45. The zero-order chi connectivity index (χ0) is 25.1. The van der Waals surface area contributed by atoms with Crippen LogP contribution in [0.5, 0.6) is 5.75 Å². The fraction of sp³-hybridized carbons (Fsp3) is 0.190. The Labute approximate surface area is 188 Å². The standard InChI is InChI=1S/C21H16F6N4O3/c22-20(23,24)16(32)10-30-19(33)14-8-15(11-3-5-13(6-4-11)34-21(25,26)27)31-18(17(14)28)12-2-1-7-29-9-12/h1-9,16,32H,10,28H2,(H,30,33)/t16-/m0/s1. The van der Waals surface area contributed by atoms with Gasteiger partial charge in [0.05, 0.1) is 29.2 Å². The molecule has 34 heavy (non-hydrogen) atoms. The Morgan fingerprint density at radius 3 is 2.32 bits per heavy atom. The van der Waals surface area contributed by atoms with E-state index in [4.69, 9.17) is 10.8 Å². The van der Waals surface area contributed by atoms with E-state index in [-0.39, 0.29) is 28.2 Å². The molecule has 1 amide bonds. The van der Waals surface area contributed by atoms with Crippen LogP contribution in [-0.4, -0.2) is 46.2 Å². The number of nitrogens with two attached hydrogens (primary N) is 1. The second-order valence-corrected chi connectivity index (χ2v) is 6.90. The highest BCUT2D eigenvalue weighted by Crippen LogP contribution is 2.32. The van der Waals surface area contributed by atoms with E-state index in [1.165, 1.54) is 30.6 Å². The molecule has 1 atom stereocenters. The Balaban J connectivity index is 2.01. The van der Waals surface area contributed by atoms with Crippen molar-refractivity contribution < 1.29 is 41.0 Å². The molecule has 0 radical (unpaired) electrons. The van der Waals surface area contributed by atoms with Gasteiger partial charge >= 0.3 is 12.5 Å². The van der Waals surface area contributed by atoms with E-state index in [1.807, 2.05) is 5.32 Å². The molecule has 0 unspecified atom stereocenters. The van der Waals surface area contributed by atoms with E-state index in [0.717, 1.165) is 12.1 Å². The van der Waals surface area contributed by atoms with Gasteiger partial charge in [0.25, 0.3) is 5.91 Å². The van der Waals surface area contributed by atoms with E-state index in [1.54, 1.807) is 12.1 Å². The van der Waals surface area contributed by atoms with Gasteiger partial charge in [-0.15, -0.1) is 13.2 Å². The molecule has 0 saturated carbocycles. The molecule has 13 heteroatoms. The molecule has 0 saturated heterocycles. The Bertz CT molecular complexity index is 1150. The number of benzene rings is 1. The van der Waals surface area contributed by atoms with Crippen molar-refractivity contribution in [3.8, 4) is 28.3 Å². The van der Waals surface area contributed by atoms with Crippen molar-refractivity contribution in [2.24, 2.45) is 0 Å². The molecule has 0 aliphatic rings. The van der Waals surface area contributed by atoms with Crippen LogP contribution >= 0.6 is 0 Å². The number of aliphatic hydroxyl groups excluding tert-OH is 1. The number of anilines is 1. The van der Waals surface area contributed by atoms with Gasteiger partial charge in [-0.1, -0.05) is 0 Å². The number of nitrogen functional groups attached to an aromatic ring is 1. The zero-order valence-corrected chi connectivity index (χ0v) is 17.0. The van der Waals surface area contributed by atoms with Crippen molar-refractivity contribution in [3.05, 3.63) is 60.4 Å². The first-order chi connectivity index (χ1) is 15.8. The molecule has 0 aliphatic heterocycles. The van der Waals surface area contributed by atoms with Crippen LogP contribution < -0.4 is 15.8 Å². The van der Waals surface area contributed by atoms with Crippen LogP contribution in [0.4, 0.5) is 32.0 Å². The van der Waals surface area contributed by atoms with Gasteiger partial charge in [-0.2, -0.15) is 13.2 Å². The van der Waals surface area contributed by atoms with E-state index < -0.39 is 36.8 Å². The van der Waals surface area contributed by atoms with Crippen LogP contribution in [0, 0.1) is 0 Å². The number of rotatable bonds is 6. The van der Waals surface area contributed by atoms with Crippen molar-refractivity contribution >= 4 is 11.6 Å². The second kappa shape index (κ2) is 9.55. The summed E-state index contributed by atoms with van der Waals surface area (Å²) in [6.07, 6.45) is -9.77. The number of ether oxygens (including phenoxy) is 1. The average Bonchev–Trinajstić information content (AvgIpc) is 2.77. The molecule has 2 heterocycles. The monoisotopic (exact) mass is 486 g/mol. The molecule has 2 aromatic heterocycles. The summed E-state index contributed by atoms with van der Waals surface area (Å²) >= 11 is 0. The van der Waals surface area contributed by atoms with Crippen molar-refractivity contribution in [1.82, 2.24) is 15.3 Å². The number of pyridine rings is 2. The molecule has 0 aliphatic carbocycles.